The standard InChI is InChI=1S/C17H14Cl2N4OS2/c1-10-5-2-3-7-12(10)21-16-22-23-17(26-16)25-9-14(24)20-13-8-4-6-11(18)15(13)19/h2-8H,9H2,1H3,(H,20,24)(H,21,22). The summed E-state index contributed by atoms with van der Waals surface area (Å²) in [6.45, 7) is 2.02. The van der Waals surface area contributed by atoms with Crippen molar-refractivity contribution >= 4 is 68.7 Å². The van der Waals surface area contributed by atoms with Crippen molar-refractivity contribution in [1.82, 2.24) is 10.2 Å². The van der Waals surface area contributed by atoms with Crippen LogP contribution in [0.1, 0.15) is 5.56 Å². The molecule has 9 heteroatoms. The maximum Gasteiger partial charge on any atom is 0.234 e. The van der Waals surface area contributed by atoms with E-state index in [4.69, 9.17) is 23.2 Å². The number of hydrogen-bond donors (Lipinski definition) is 2. The van der Waals surface area contributed by atoms with Crippen LogP contribution in [0, 0.1) is 6.92 Å². The molecule has 3 rings (SSSR count). The van der Waals surface area contributed by atoms with E-state index in [2.05, 4.69) is 20.8 Å². The molecule has 0 aliphatic carbocycles. The van der Waals surface area contributed by atoms with Crippen molar-refractivity contribution in [1.29, 1.82) is 0 Å². The Hall–Kier alpha value is -1.80. The number of nitrogens with one attached hydrogen (secondary N) is 2. The largest absolute Gasteiger partial charge is 0.330 e. The molecule has 0 unspecified atom stereocenters. The van der Waals surface area contributed by atoms with Gasteiger partial charge in [-0.2, -0.15) is 0 Å². The molecule has 3 aromatic rings. The number of para-hydroxylation sites is 1. The zero-order chi connectivity index (χ0) is 18.5. The molecule has 1 aromatic heterocycles. The number of rotatable bonds is 6. The van der Waals surface area contributed by atoms with Crippen LogP contribution in [0.15, 0.2) is 46.8 Å². The number of hydrogen-bond acceptors (Lipinski definition) is 6. The number of thioether (sulfide) groups is 1. The van der Waals surface area contributed by atoms with Gasteiger partial charge in [0.15, 0.2) is 4.34 Å². The summed E-state index contributed by atoms with van der Waals surface area (Å²) in [5.41, 5.74) is 2.59. The first-order chi connectivity index (χ1) is 12.5. The summed E-state index contributed by atoms with van der Waals surface area (Å²) in [7, 11) is 0. The van der Waals surface area contributed by atoms with Gasteiger partial charge in [0.05, 0.1) is 21.5 Å². The predicted molar refractivity (Wildman–Crippen MR) is 110 cm³/mol. The molecule has 0 fully saturated rings. The van der Waals surface area contributed by atoms with Crippen molar-refractivity contribution in [2.24, 2.45) is 0 Å². The van der Waals surface area contributed by atoms with Crippen LogP contribution in [-0.2, 0) is 4.79 Å². The molecule has 0 radical (unpaired) electrons. The van der Waals surface area contributed by atoms with E-state index in [1.54, 1.807) is 18.2 Å². The molecule has 26 heavy (non-hydrogen) atoms. The molecular formula is C17H14Cl2N4OS2. The number of anilines is 3. The zero-order valence-electron chi connectivity index (χ0n) is 13.6. The molecule has 0 saturated carbocycles. The molecular weight excluding hydrogens is 411 g/mol. The lowest BCUT2D eigenvalue weighted by Crippen LogP contribution is -2.14. The van der Waals surface area contributed by atoms with Crippen molar-refractivity contribution in [3.63, 3.8) is 0 Å². The van der Waals surface area contributed by atoms with Crippen molar-refractivity contribution in [3.05, 3.63) is 58.1 Å². The maximum absolute atomic E-state index is 12.1. The van der Waals surface area contributed by atoms with Gasteiger partial charge in [-0.05, 0) is 30.7 Å². The summed E-state index contributed by atoms with van der Waals surface area (Å²) >= 11 is 14.7. The molecule has 2 aromatic carbocycles. The number of nitrogens with zero attached hydrogens (tertiary/aromatic N) is 2. The smallest absolute Gasteiger partial charge is 0.234 e. The highest BCUT2D eigenvalue weighted by molar-refractivity contribution is 8.01. The van der Waals surface area contributed by atoms with Crippen LogP contribution in [0.25, 0.3) is 0 Å². The lowest BCUT2D eigenvalue weighted by molar-refractivity contribution is -0.113. The Kier molecular flexibility index (Phi) is 6.37. The molecule has 0 spiro atoms. The summed E-state index contributed by atoms with van der Waals surface area (Å²) in [4.78, 5) is 12.1. The Morgan fingerprint density at radius 3 is 2.69 bits per heavy atom. The zero-order valence-corrected chi connectivity index (χ0v) is 16.8. The number of benzene rings is 2. The minimum atomic E-state index is -0.192. The highest BCUT2D eigenvalue weighted by atomic mass is 35.5. The first-order valence-electron chi connectivity index (χ1n) is 7.56. The second-order valence-corrected chi connectivity index (χ2v) is 8.24. The van der Waals surface area contributed by atoms with Crippen LogP contribution in [0.5, 0.6) is 0 Å². The average molecular weight is 425 g/mol. The SMILES string of the molecule is Cc1ccccc1Nc1nnc(SCC(=O)Nc2cccc(Cl)c2Cl)s1. The molecule has 2 N–H and O–H groups in total. The molecule has 1 heterocycles. The van der Waals surface area contributed by atoms with Gasteiger partial charge in [-0.1, -0.05) is 70.6 Å². The normalized spacial score (nSPS) is 10.6. The van der Waals surface area contributed by atoms with Gasteiger partial charge in [-0.15, -0.1) is 10.2 Å². The van der Waals surface area contributed by atoms with Crippen LogP contribution in [0.2, 0.25) is 10.0 Å². The van der Waals surface area contributed by atoms with Gasteiger partial charge in [0.25, 0.3) is 0 Å². The van der Waals surface area contributed by atoms with E-state index in [1.165, 1.54) is 23.1 Å². The predicted octanol–water partition coefficient (Wildman–Crippen LogP) is 5.63. The number of aryl methyl sites for hydroxylation is 1. The Morgan fingerprint density at radius 1 is 1.12 bits per heavy atom. The first kappa shape index (κ1) is 19.0. The summed E-state index contributed by atoms with van der Waals surface area (Å²) in [5.74, 6) is 0.00440. The molecule has 5 nitrogen and oxygen atoms in total. The molecule has 0 aliphatic rings. The van der Waals surface area contributed by atoms with E-state index in [9.17, 15) is 4.79 Å². The lowest BCUT2D eigenvalue weighted by atomic mass is 10.2. The number of carbonyl (C=O) groups is 1. The quantitative estimate of drug-likeness (QED) is 0.501. The second kappa shape index (κ2) is 8.73. The number of halogens is 2. The molecule has 1 amide bonds. The van der Waals surface area contributed by atoms with E-state index in [-0.39, 0.29) is 11.7 Å². The third-order valence-electron chi connectivity index (χ3n) is 3.35. The summed E-state index contributed by atoms with van der Waals surface area (Å²) in [5, 5.41) is 15.6. The molecule has 134 valence electrons. The average Bonchev–Trinajstić information content (AvgIpc) is 3.07. The Morgan fingerprint density at radius 2 is 1.88 bits per heavy atom. The Balaban J connectivity index is 1.55. The fraction of sp³-hybridized carbons (Fsp3) is 0.118. The van der Waals surface area contributed by atoms with Gasteiger partial charge >= 0.3 is 0 Å². The van der Waals surface area contributed by atoms with Crippen molar-refractivity contribution < 1.29 is 4.79 Å². The van der Waals surface area contributed by atoms with Gasteiger partial charge in [-0.3, -0.25) is 4.79 Å². The monoisotopic (exact) mass is 424 g/mol. The van der Waals surface area contributed by atoms with Gasteiger partial charge in [-0.25, -0.2) is 0 Å². The van der Waals surface area contributed by atoms with E-state index < -0.39 is 0 Å². The molecule has 0 saturated heterocycles. The van der Waals surface area contributed by atoms with Gasteiger partial charge in [0.1, 0.15) is 0 Å². The van der Waals surface area contributed by atoms with E-state index in [1.807, 2.05) is 31.2 Å². The number of amides is 1. The number of aromatic nitrogens is 2. The van der Waals surface area contributed by atoms with Gasteiger partial charge in [0, 0.05) is 5.69 Å². The molecule has 0 bridgehead atoms. The number of carbonyl (C=O) groups excluding carboxylic acids is 1. The lowest BCUT2D eigenvalue weighted by Gasteiger charge is -2.07. The van der Waals surface area contributed by atoms with E-state index in [0.29, 0.717) is 25.2 Å². The van der Waals surface area contributed by atoms with E-state index in [0.717, 1.165) is 11.3 Å². The van der Waals surface area contributed by atoms with E-state index >= 15 is 0 Å². The maximum atomic E-state index is 12.1. The third-order valence-corrected chi connectivity index (χ3v) is 6.14. The van der Waals surface area contributed by atoms with Crippen LogP contribution < -0.4 is 10.6 Å². The molecule has 0 aliphatic heterocycles. The minimum Gasteiger partial charge on any atom is -0.330 e. The van der Waals surface area contributed by atoms with Crippen molar-refractivity contribution in [2.75, 3.05) is 16.4 Å². The fourth-order valence-corrected chi connectivity index (χ4v) is 3.97. The topological polar surface area (TPSA) is 66.9 Å². The van der Waals surface area contributed by atoms with Crippen LogP contribution >= 0.6 is 46.3 Å². The second-order valence-electron chi connectivity index (χ2n) is 5.25. The van der Waals surface area contributed by atoms with Gasteiger partial charge in [0.2, 0.25) is 11.0 Å². The van der Waals surface area contributed by atoms with Crippen LogP contribution in [0.3, 0.4) is 0 Å². The Labute approximate surface area is 169 Å². The minimum absolute atomic E-state index is 0.192. The van der Waals surface area contributed by atoms with Crippen LogP contribution in [0.4, 0.5) is 16.5 Å². The van der Waals surface area contributed by atoms with Crippen molar-refractivity contribution in [3.8, 4) is 0 Å². The fourth-order valence-electron chi connectivity index (χ4n) is 2.06. The summed E-state index contributed by atoms with van der Waals surface area (Å²) < 4.78 is 0.702. The third kappa shape index (κ3) is 4.88. The highest BCUT2D eigenvalue weighted by Gasteiger charge is 2.11. The Bertz CT molecular complexity index is 933. The van der Waals surface area contributed by atoms with Crippen molar-refractivity contribution in [2.45, 2.75) is 11.3 Å². The summed E-state index contributed by atoms with van der Waals surface area (Å²) in [6.07, 6.45) is 0. The summed E-state index contributed by atoms with van der Waals surface area (Å²) in [6, 6.07) is 13.0. The highest BCUT2D eigenvalue weighted by Crippen LogP contribution is 2.31. The first-order valence-corrected chi connectivity index (χ1v) is 10.1. The molecule has 0 atom stereocenters. The van der Waals surface area contributed by atoms with Gasteiger partial charge < -0.3 is 10.6 Å². The van der Waals surface area contributed by atoms with Crippen LogP contribution in [-0.4, -0.2) is 21.9 Å².